The first-order valence-corrected chi connectivity index (χ1v) is 8.17. The lowest BCUT2D eigenvalue weighted by Gasteiger charge is -2.20. The predicted molar refractivity (Wildman–Crippen MR) is 89.5 cm³/mol. The Hall–Kier alpha value is -0.910. The fraction of sp³-hybridized carbons (Fsp3) is 0.267. The van der Waals surface area contributed by atoms with Gasteiger partial charge in [-0.2, -0.15) is 0 Å². The van der Waals surface area contributed by atoms with Gasteiger partial charge in [0.15, 0.2) is 0 Å². The smallest absolute Gasteiger partial charge is 0.147 e. The molecule has 3 nitrogen and oxygen atoms in total. The molecule has 2 N–H and O–H groups in total. The van der Waals surface area contributed by atoms with Crippen molar-refractivity contribution in [3.8, 4) is 0 Å². The fourth-order valence-corrected chi connectivity index (χ4v) is 3.95. The van der Waals surface area contributed by atoms with Crippen molar-refractivity contribution in [3.05, 3.63) is 51.0 Å². The van der Waals surface area contributed by atoms with Gasteiger partial charge in [0.1, 0.15) is 5.82 Å². The number of fused-ring (bicyclic) bond motifs is 1. The normalized spacial score (nSPS) is 17.4. The van der Waals surface area contributed by atoms with Gasteiger partial charge in [0, 0.05) is 28.8 Å². The summed E-state index contributed by atoms with van der Waals surface area (Å²) in [5, 5.41) is 0. The first-order chi connectivity index (χ1) is 9.70. The number of para-hydroxylation sites is 1. The van der Waals surface area contributed by atoms with Crippen molar-refractivity contribution < 1.29 is 0 Å². The molecular formula is C15H15Br2N3. The zero-order valence-electron chi connectivity index (χ0n) is 10.9. The molecular weight excluding hydrogens is 382 g/mol. The highest BCUT2D eigenvalue weighted by Gasteiger charge is 2.30. The van der Waals surface area contributed by atoms with E-state index < -0.39 is 0 Å². The molecule has 0 radical (unpaired) electrons. The minimum Gasteiger partial charge on any atom is -0.330 e. The summed E-state index contributed by atoms with van der Waals surface area (Å²) in [6.45, 7) is 1.64. The number of nitrogens with zero attached hydrogens (tertiary/aromatic N) is 2. The SMILES string of the molecule is NCCC1CN(c2ncc(Br)cc2Br)c2ccccc21. The predicted octanol–water partition coefficient (Wildman–Crippen LogP) is 4.19. The average molecular weight is 397 g/mol. The molecule has 20 heavy (non-hydrogen) atoms. The van der Waals surface area contributed by atoms with Crippen LogP contribution in [0.5, 0.6) is 0 Å². The largest absolute Gasteiger partial charge is 0.330 e. The van der Waals surface area contributed by atoms with Crippen LogP contribution in [0.15, 0.2) is 45.5 Å². The van der Waals surface area contributed by atoms with Crippen LogP contribution in [0.2, 0.25) is 0 Å². The molecule has 2 aromatic rings. The molecule has 1 atom stereocenters. The van der Waals surface area contributed by atoms with Gasteiger partial charge in [-0.1, -0.05) is 18.2 Å². The number of hydrogen-bond acceptors (Lipinski definition) is 3. The summed E-state index contributed by atoms with van der Waals surface area (Å²) in [6.07, 6.45) is 2.83. The standard InChI is InChI=1S/C15H15Br2N3/c16-11-7-13(17)15(19-8-11)20-9-10(5-6-18)12-3-1-2-4-14(12)20/h1-4,7-8,10H,5-6,9,18H2. The molecule has 0 fully saturated rings. The van der Waals surface area contributed by atoms with Gasteiger partial charge in [-0.25, -0.2) is 4.98 Å². The van der Waals surface area contributed by atoms with Gasteiger partial charge in [-0.15, -0.1) is 0 Å². The number of pyridine rings is 1. The van der Waals surface area contributed by atoms with E-state index >= 15 is 0 Å². The van der Waals surface area contributed by atoms with Gasteiger partial charge in [0.2, 0.25) is 0 Å². The Labute approximate surface area is 135 Å². The minimum atomic E-state index is 0.480. The molecule has 1 aromatic carbocycles. The van der Waals surface area contributed by atoms with Crippen molar-refractivity contribution in [2.45, 2.75) is 12.3 Å². The number of anilines is 2. The number of rotatable bonds is 3. The molecule has 5 heteroatoms. The van der Waals surface area contributed by atoms with Crippen molar-refractivity contribution in [2.24, 2.45) is 5.73 Å². The van der Waals surface area contributed by atoms with Gasteiger partial charge in [0.05, 0.1) is 4.47 Å². The minimum absolute atomic E-state index is 0.480. The molecule has 3 rings (SSSR count). The van der Waals surface area contributed by atoms with E-state index in [1.807, 2.05) is 12.3 Å². The van der Waals surface area contributed by atoms with E-state index in [0.29, 0.717) is 12.5 Å². The quantitative estimate of drug-likeness (QED) is 0.845. The maximum atomic E-state index is 5.75. The zero-order chi connectivity index (χ0) is 14.1. The first-order valence-electron chi connectivity index (χ1n) is 6.58. The molecule has 1 aliphatic rings. The van der Waals surface area contributed by atoms with E-state index in [0.717, 1.165) is 27.7 Å². The van der Waals surface area contributed by atoms with Crippen LogP contribution in [-0.4, -0.2) is 18.1 Å². The highest BCUT2D eigenvalue weighted by atomic mass is 79.9. The third-order valence-electron chi connectivity index (χ3n) is 3.63. The Kier molecular flexibility index (Phi) is 4.10. The van der Waals surface area contributed by atoms with Crippen molar-refractivity contribution in [1.82, 2.24) is 4.98 Å². The van der Waals surface area contributed by atoms with E-state index in [1.165, 1.54) is 11.3 Å². The Morgan fingerprint density at radius 3 is 2.85 bits per heavy atom. The zero-order valence-corrected chi connectivity index (χ0v) is 14.1. The van der Waals surface area contributed by atoms with Crippen molar-refractivity contribution in [2.75, 3.05) is 18.0 Å². The van der Waals surface area contributed by atoms with E-state index in [9.17, 15) is 0 Å². The topological polar surface area (TPSA) is 42.1 Å². The summed E-state index contributed by atoms with van der Waals surface area (Å²) in [5.41, 5.74) is 8.36. The summed E-state index contributed by atoms with van der Waals surface area (Å²) in [5.74, 6) is 1.44. The molecule has 0 amide bonds. The summed E-state index contributed by atoms with van der Waals surface area (Å²) in [6, 6.07) is 10.5. The Balaban J connectivity index is 2.03. The van der Waals surface area contributed by atoms with E-state index in [1.54, 1.807) is 0 Å². The molecule has 0 aliphatic carbocycles. The Bertz CT molecular complexity index is 630. The summed E-state index contributed by atoms with van der Waals surface area (Å²) in [7, 11) is 0. The molecule has 1 unspecified atom stereocenters. The monoisotopic (exact) mass is 395 g/mol. The molecule has 2 heterocycles. The molecule has 0 saturated heterocycles. The number of nitrogens with two attached hydrogens (primary N) is 1. The number of halogens is 2. The third kappa shape index (κ3) is 2.50. The second-order valence-electron chi connectivity index (χ2n) is 4.90. The van der Waals surface area contributed by atoms with Crippen LogP contribution in [0.25, 0.3) is 0 Å². The highest BCUT2D eigenvalue weighted by Crippen LogP contribution is 2.43. The Morgan fingerprint density at radius 1 is 1.30 bits per heavy atom. The van der Waals surface area contributed by atoms with Crippen molar-refractivity contribution in [3.63, 3.8) is 0 Å². The van der Waals surface area contributed by atoms with Gasteiger partial charge in [0.25, 0.3) is 0 Å². The molecule has 1 aromatic heterocycles. The van der Waals surface area contributed by atoms with Crippen LogP contribution in [0, 0.1) is 0 Å². The molecule has 0 saturated carbocycles. The lowest BCUT2D eigenvalue weighted by molar-refractivity contribution is 0.667. The molecule has 104 valence electrons. The lowest BCUT2D eigenvalue weighted by Crippen LogP contribution is -2.18. The maximum Gasteiger partial charge on any atom is 0.147 e. The van der Waals surface area contributed by atoms with E-state index in [-0.39, 0.29) is 0 Å². The van der Waals surface area contributed by atoms with Crippen LogP contribution in [-0.2, 0) is 0 Å². The number of benzene rings is 1. The van der Waals surface area contributed by atoms with Crippen LogP contribution in [0.3, 0.4) is 0 Å². The molecule has 0 bridgehead atoms. The number of hydrogen-bond donors (Lipinski definition) is 1. The van der Waals surface area contributed by atoms with Gasteiger partial charge in [-0.3, -0.25) is 0 Å². The second kappa shape index (κ2) is 5.84. The van der Waals surface area contributed by atoms with E-state index in [4.69, 9.17) is 5.73 Å². The Morgan fingerprint density at radius 2 is 2.10 bits per heavy atom. The van der Waals surface area contributed by atoms with Gasteiger partial charge >= 0.3 is 0 Å². The second-order valence-corrected chi connectivity index (χ2v) is 6.67. The van der Waals surface area contributed by atoms with Crippen LogP contribution in [0.1, 0.15) is 17.9 Å². The maximum absolute atomic E-state index is 5.75. The van der Waals surface area contributed by atoms with Gasteiger partial charge in [-0.05, 0) is 62.5 Å². The highest BCUT2D eigenvalue weighted by molar-refractivity contribution is 9.11. The lowest BCUT2D eigenvalue weighted by atomic mass is 9.98. The van der Waals surface area contributed by atoms with Gasteiger partial charge < -0.3 is 10.6 Å². The fourth-order valence-electron chi connectivity index (χ4n) is 2.75. The van der Waals surface area contributed by atoms with Crippen molar-refractivity contribution in [1.29, 1.82) is 0 Å². The molecule has 0 spiro atoms. The van der Waals surface area contributed by atoms with Crippen LogP contribution < -0.4 is 10.6 Å². The summed E-state index contributed by atoms with van der Waals surface area (Å²) >= 11 is 7.05. The summed E-state index contributed by atoms with van der Waals surface area (Å²) < 4.78 is 1.97. The van der Waals surface area contributed by atoms with Crippen LogP contribution >= 0.6 is 31.9 Å². The van der Waals surface area contributed by atoms with Crippen molar-refractivity contribution >= 4 is 43.4 Å². The third-order valence-corrected chi connectivity index (χ3v) is 4.65. The first kappa shape index (κ1) is 14.0. The average Bonchev–Trinajstić information content (AvgIpc) is 2.79. The number of aromatic nitrogens is 1. The van der Waals surface area contributed by atoms with E-state index in [2.05, 4.69) is 66.0 Å². The molecule has 1 aliphatic heterocycles. The summed E-state index contributed by atoms with van der Waals surface area (Å²) in [4.78, 5) is 6.82. The van der Waals surface area contributed by atoms with Crippen LogP contribution in [0.4, 0.5) is 11.5 Å².